The number of anilines is 1. The van der Waals surface area contributed by atoms with Crippen molar-refractivity contribution in [2.24, 2.45) is 5.92 Å². The Bertz CT molecular complexity index is 1080. The number of pyridine rings is 1. The van der Waals surface area contributed by atoms with Crippen LogP contribution >= 0.6 is 11.6 Å². The number of carbonyl (C=O) groups excluding carboxylic acids is 1. The zero-order chi connectivity index (χ0) is 20.5. The highest BCUT2D eigenvalue weighted by molar-refractivity contribution is 6.30. The zero-order valence-corrected chi connectivity index (χ0v) is 16.5. The fourth-order valence-corrected chi connectivity index (χ4v) is 3.60. The Morgan fingerprint density at radius 2 is 1.86 bits per heavy atom. The van der Waals surface area contributed by atoms with Crippen LogP contribution in [0, 0.1) is 12.8 Å². The third-order valence-corrected chi connectivity index (χ3v) is 5.42. The number of carboxylic acid groups (broad SMARTS) is 1. The predicted octanol–water partition coefficient (Wildman–Crippen LogP) is 5.15. The summed E-state index contributed by atoms with van der Waals surface area (Å²) in [4.78, 5) is 28.6. The van der Waals surface area contributed by atoms with Crippen LogP contribution in [0.25, 0.3) is 11.1 Å². The first-order valence-corrected chi connectivity index (χ1v) is 9.67. The number of nitrogens with zero attached hydrogens (tertiary/aromatic N) is 1. The number of amides is 1. The third kappa shape index (κ3) is 4.15. The minimum absolute atomic E-state index is 0.106. The molecule has 2 atom stereocenters. The Morgan fingerprint density at radius 3 is 2.52 bits per heavy atom. The van der Waals surface area contributed by atoms with Gasteiger partial charge in [-0.2, -0.15) is 0 Å². The van der Waals surface area contributed by atoms with Gasteiger partial charge in [-0.25, -0.2) is 4.79 Å². The molecule has 6 heteroatoms. The first-order chi connectivity index (χ1) is 13.9. The Hall–Kier alpha value is -3.18. The van der Waals surface area contributed by atoms with E-state index in [1.165, 1.54) is 6.07 Å². The van der Waals surface area contributed by atoms with E-state index in [1.54, 1.807) is 18.3 Å². The van der Waals surface area contributed by atoms with Crippen LogP contribution in [0.1, 0.15) is 34.0 Å². The molecule has 2 N–H and O–H groups in total. The van der Waals surface area contributed by atoms with Crippen molar-refractivity contribution < 1.29 is 14.7 Å². The first-order valence-electron chi connectivity index (χ1n) is 9.29. The summed E-state index contributed by atoms with van der Waals surface area (Å²) >= 11 is 5.92. The molecule has 0 aliphatic heterocycles. The molecule has 2 aromatic carbocycles. The van der Waals surface area contributed by atoms with Gasteiger partial charge in [0, 0.05) is 34.1 Å². The molecule has 0 spiro atoms. The quantitative estimate of drug-likeness (QED) is 0.614. The maximum Gasteiger partial charge on any atom is 0.336 e. The second-order valence-electron chi connectivity index (χ2n) is 7.24. The number of hydrogen-bond donors (Lipinski definition) is 2. The number of nitrogens with one attached hydrogen (secondary N) is 1. The molecule has 5 nitrogen and oxygen atoms in total. The molecule has 29 heavy (non-hydrogen) atoms. The summed E-state index contributed by atoms with van der Waals surface area (Å²) < 4.78 is 0. The Morgan fingerprint density at radius 1 is 1.10 bits per heavy atom. The van der Waals surface area contributed by atoms with E-state index in [0.29, 0.717) is 16.3 Å². The van der Waals surface area contributed by atoms with E-state index in [-0.39, 0.29) is 23.3 Å². The number of rotatable bonds is 5. The van der Waals surface area contributed by atoms with E-state index in [4.69, 9.17) is 11.6 Å². The second-order valence-corrected chi connectivity index (χ2v) is 7.68. The molecule has 0 saturated heterocycles. The first kappa shape index (κ1) is 19.2. The minimum atomic E-state index is -1.05. The summed E-state index contributed by atoms with van der Waals surface area (Å²) in [6.45, 7) is 1.87. The van der Waals surface area contributed by atoms with Crippen LogP contribution in [0.15, 0.2) is 60.8 Å². The maximum atomic E-state index is 12.6. The lowest BCUT2D eigenvalue weighted by Gasteiger charge is -2.11. The lowest BCUT2D eigenvalue weighted by Crippen LogP contribution is -2.15. The minimum Gasteiger partial charge on any atom is -0.478 e. The smallest absolute Gasteiger partial charge is 0.336 e. The monoisotopic (exact) mass is 406 g/mol. The molecule has 0 bridgehead atoms. The van der Waals surface area contributed by atoms with Gasteiger partial charge in [-0.1, -0.05) is 35.9 Å². The van der Waals surface area contributed by atoms with Gasteiger partial charge in [0.05, 0.1) is 5.56 Å². The Labute approximate surface area is 173 Å². The van der Waals surface area contributed by atoms with E-state index in [2.05, 4.69) is 10.3 Å². The number of aryl methyl sites for hydroxylation is 1. The van der Waals surface area contributed by atoms with Gasteiger partial charge in [0.25, 0.3) is 0 Å². The predicted molar refractivity (Wildman–Crippen MR) is 112 cm³/mol. The summed E-state index contributed by atoms with van der Waals surface area (Å²) in [7, 11) is 0. The molecule has 1 saturated carbocycles. The van der Waals surface area contributed by atoms with Gasteiger partial charge in [-0.05, 0) is 60.7 Å². The van der Waals surface area contributed by atoms with Crippen LogP contribution in [0.5, 0.6) is 0 Å². The van der Waals surface area contributed by atoms with Gasteiger partial charge in [0.1, 0.15) is 0 Å². The van der Waals surface area contributed by atoms with E-state index in [1.807, 2.05) is 43.3 Å². The average molecular weight is 407 g/mol. The van der Waals surface area contributed by atoms with Gasteiger partial charge in [0.2, 0.25) is 5.91 Å². The summed E-state index contributed by atoms with van der Waals surface area (Å²) in [6.07, 6.45) is 2.42. The van der Waals surface area contributed by atoms with Gasteiger partial charge in [-0.15, -0.1) is 0 Å². The van der Waals surface area contributed by atoms with E-state index >= 15 is 0 Å². The summed E-state index contributed by atoms with van der Waals surface area (Å²) in [6, 6.07) is 16.1. The molecule has 1 heterocycles. The molecule has 1 aromatic heterocycles. The lowest BCUT2D eigenvalue weighted by molar-refractivity contribution is -0.117. The number of aromatic nitrogens is 1. The van der Waals surface area contributed by atoms with Crippen molar-refractivity contribution in [3.8, 4) is 11.1 Å². The normalized spacial score (nSPS) is 17.6. The molecule has 4 rings (SSSR count). The highest BCUT2D eigenvalue weighted by atomic mass is 35.5. The van der Waals surface area contributed by atoms with Crippen molar-refractivity contribution in [2.45, 2.75) is 19.3 Å². The van der Waals surface area contributed by atoms with Crippen molar-refractivity contribution in [2.75, 3.05) is 5.32 Å². The van der Waals surface area contributed by atoms with Crippen LogP contribution in [0.2, 0.25) is 5.02 Å². The number of hydrogen-bond acceptors (Lipinski definition) is 3. The highest BCUT2D eigenvalue weighted by Gasteiger charge is 2.43. The van der Waals surface area contributed by atoms with Crippen molar-refractivity contribution in [3.05, 3.63) is 82.6 Å². The fraction of sp³-hybridized carbons (Fsp3) is 0.174. The Kier molecular flexibility index (Phi) is 5.07. The number of halogens is 1. The van der Waals surface area contributed by atoms with Crippen molar-refractivity contribution in [3.63, 3.8) is 0 Å². The molecule has 1 fully saturated rings. The Balaban J connectivity index is 1.51. The van der Waals surface area contributed by atoms with Crippen LogP contribution in [0.3, 0.4) is 0 Å². The molecule has 2 unspecified atom stereocenters. The van der Waals surface area contributed by atoms with Gasteiger partial charge in [-0.3, -0.25) is 9.78 Å². The highest BCUT2D eigenvalue weighted by Crippen LogP contribution is 2.48. The molecule has 3 aromatic rings. The van der Waals surface area contributed by atoms with Crippen LogP contribution < -0.4 is 5.32 Å². The molecule has 0 radical (unpaired) electrons. The van der Waals surface area contributed by atoms with Crippen LogP contribution in [-0.2, 0) is 4.79 Å². The molecule has 1 aliphatic carbocycles. The van der Waals surface area contributed by atoms with Gasteiger partial charge < -0.3 is 10.4 Å². The number of carboxylic acids is 1. The molecule has 146 valence electrons. The number of benzene rings is 2. The summed E-state index contributed by atoms with van der Waals surface area (Å²) in [5.74, 6) is -1.11. The number of carbonyl (C=O) groups is 2. The van der Waals surface area contributed by atoms with Crippen molar-refractivity contribution in [1.29, 1.82) is 0 Å². The zero-order valence-electron chi connectivity index (χ0n) is 15.7. The third-order valence-electron chi connectivity index (χ3n) is 5.17. The summed E-state index contributed by atoms with van der Waals surface area (Å²) in [5.41, 5.74) is 3.82. The van der Waals surface area contributed by atoms with Crippen LogP contribution in [0.4, 0.5) is 5.69 Å². The van der Waals surface area contributed by atoms with Gasteiger partial charge >= 0.3 is 5.97 Å². The number of aromatic carboxylic acids is 1. The molecule has 1 aliphatic rings. The molecule has 1 amide bonds. The van der Waals surface area contributed by atoms with E-state index < -0.39 is 5.97 Å². The fourth-order valence-electron chi connectivity index (χ4n) is 3.48. The van der Waals surface area contributed by atoms with Crippen molar-refractivity contribution >= 4 is 29.2 Å². The van der Waals surface area contributed by atoms with Crippen LogP contribution in [-0.4, -0.2) is 22.0 Å². The second kappa shape index (κ2) is 7.68. The molecular weight excluding hydrogens is 388 g/mol. The average Bonchev–Trinajstić information content (AvgIpc) is 3.50. The van der Waals surface area contributed by atoms with E-state index in [9.17, 15) is 14.7 Å². The lowest BCUT2D eigenvalue weighted by atomic mass is 10.00. The van der Waals surface area contributed by atoms with E-state index in [0.717, 1.165) is 23.2 Å². The standard InChI is InChI=1S/C23H19ClN2O3/c1-13-2-3-15(12-25-13)18-9-8-17(10-21(18)23(28)29)26-22(27)20-11-19(20)14-4-6-16(24)7-5-14/h2-10,12,19-20H,11H2,1H3,(H,26,27)(H,28,29). The maximum absolute atomic E-state index is 12.6. The molecular formula is C23H19ClN2O3. The summed E-state index contributed by atoms with van der Waals surface area (Å²) in [5, 5.41) is 13.2. The SMILES string of the molecule is Cc1ccc(-c2ccc(NC(=O)C3CC3c3ccc(Cl)cc3)cc2C(=O)O)cn1. The van der Waals surface area contributed by atoms with Gasteiger partial charge in [0.15, 0.2) is 0 Å². The topological polar surface area (TPSA) is 79.3 Å². The van der Waals surface area contributed by atoms with Crippen molar-refractivity contribution in [1.82, 2.24) is 4.98 Å². The largest absolute Gasteiger partial charge is 0.478 e.